The molecule has 1 heterocycles. The Morgan fingerprint density at radius 3 is 1.67 bits per heavy atom. The molecule has 0 saturated carbocycles. The lowest BCUT2D eigenvalue weighted by atomic mass is 10.1. The molecule has 1 aromatic carbocycles. The number of hydrogen-bond acceptors (Lipinski definition) is 5. The van der Waals surface area contributed by atoms with Crippen molar-refractivity contribution in [3.63, 3.8) is 0 Å². The Morgan fingerprint density at radius 1 is 0.933 bits per heavy atom. The maximum absolute atomic E-state index is 11.5. The van der Waals surface area contributed by atoms with Gasteiger partial charge in [-0.3, -0.25) is 9.59 Å². The molecule has 3 N–H and O–H groups in total. The number of nitrogens with zero attached hydrogens (tertiary/aromatic N) is 1. The standard InChI is InChI=1S/C8H7NO5P/c10-7-5-3-1-2-4-6(5)8(11)9(7)15(12,13)14/h1-4,12-14H/q+1. The highest BCUT2D eigenvalue weighted by Crippen LogP contribution is 2.52. The predicted molar refractivity (Wildman–Crippen MR) is 50.5 cm³/mol. The number of carbonyl (C=O) groups excluding carboxylic acids is 2. The number of carbonyl (C=O) groups is 2. The summed E-state index contributed by atoms with van der Waals surface area (Å²) in [5.74, 6) is -1.78. The quantitative estimate of drug-likeness (QED) is 0.462. The van der Waals surface area contributed by atoms with E-state index in [4.69, 9.17) is 14.7 Å². The van der Waals surface area contributed by atoms with E-state index in [2.05, 4.69) is 0 Å². The normalized spacial score (nSPS) is 15.8. The highest BCUT2D eigenvalue weighted by atomic mass is 31.2. The molecule has 0 aromatic heterocycles. The summed E-state index contributed by atoms with van der Waals surface area (Å²) in [6, 6.07) is 5.84. The summed E-state index contributed by atoms with van der Waals surface area (Å²) < 4.78 is 0.0949. The fourth-order valence-electron chi connectivity index (χ4n) is 1.42. The second-order valence-electron chi connectivity index (χ2n) is 3.00. The molecule has 0 bridgehead atoms. The van der Waals surface area contributed by atoms with Crippen molar-refractivity contribution in [3.05, 3.63) is 35.4 Å². The van der Waals surface area contributed by atoms with Gasteiger partial charge >= 0.3 is 19.9 Å². The van der Waals surface area contributed by atoms with Crippen LogP contribution in [-0.4, -0.2) is 31.2 Å². The van der Waals surface area contributed by atoms with Gasteiger partial charge in [0.15, 0.2) is 0 Å². The van der Waals surface area contributed by atoms with Crippen molar-refractivity contribution in [1.82, 2.24) is 4.67 Å². The molecule has 0 aliphatic carbocycles. The van der Waals surface area contributed by atoms with E-state index in [-0.39, 0.29) is 15.8 Å². The molecule has 0 spiro atoms. The lowest BCUT2D eigenvalue weighted by molar-refractivity contribution is 0.0711. The first-order valence-electron chi connectivity index (χ1n) is 3.98. The summed E-state index contributed by atoms with van der Waals surface area (Å²) in [6.45, 7) is 0. The highest BCUT2D eigenvalue weighted by Gasteiger charge is 2.55. The number of amides is 2. The molecule has 1 aliphatic heterocycles. The van der Waals surface area contributed by atoms with Crippen LogP contribution in [0.2, 0.25) is 0 Å². The lowest BCUT2D eigenvalue weighted by Gasteiger charge is -2.11. The van der Waals surface area contributed by atoms with Crippen molar-refractivity contribution in [2.75, 3.05) is 0 Å². The third kappa shape index (κ3) is 1.44. The fourth-order valence-corrected chi connectivity index (χ4v) is 2.12. The molecule has 0 fully saturated rings. The zero-order valence-electron chi connectivity index (χ0n) is 7.36. The van der Waals surface area contributed by atoms with Gasteiger partial charge in [-0.05, 0) is 12.1 Å². The first-order chi connectivity index (χ1) is 6.93. The van der Waals surface area contributed by atoms with E-state index >= 15 is 0 Å². The molecule has 0 unspecified atom stereocenters. The van der Waals surface area contributed by atoms with Crippen LogP contribution in [0.15, 0.2) is 24.3 Å². The molecular formula is C8H7NO5P+. The Labute approximate surface area is 85.0 Å². The molecule has 6 nitrogen and oxygen atoms in total. The average Bonchev–Trinajstić information content (AvgIpc) is 2.39. The van der Waals surface area contributed by atoms with Gasteiger partial charge in [-0.2, -0.15) is 14.7 Å². The van der Waals surface area contributed by atoms with Crippen LogP contribution >= 0.6 is 8.09 Å². The average molecular weight is 228 g/mol. The fraction of sp³-hybridized carbons (Fsp3) is 0. The highest BCUT2D eigenvalue weighted by molar-refractivity contribution is 7.57. The van der Waals surface area contributed by atoms with Gasteiger partial charge in [-0.1, -0.05) is 16.8 Å². The minimum absolute atomic E-state index is 0.0593. The summed E-state index contributed by atoms with van der Waals surface area (Å²) in [5.41, 5.74) is 0.119. The zero-order chi connectivity index (χ0) is 11.2. The molecule has 7 heteroatoms. The van der Waals surface area contributed by atoms with Gasteiger partial charge in [0.25, 0.3) is 0 Å². The summed E-state index contributed by atoms with van der Waals surface area (Å²) in [7, 11) is -4.62. The Morgan fingerprint density at radius 2 is 1.33 bits per heavy atom. The predicted octanol–water partition coefficient (Wildman–Crippen LogP) is -0.0629. The second kappa shape index (κ2) is 3.08. The van der Waals surface area contributed by atoms with Gasteiger partial charge in [-0.15, -0.1) is 0 Å². The van der Waals surface area contributed by atoms with Crippen molar-refractivity contribution >= 4 is 19.9 Å². The third-order valence-electron chi connectivity index (χ3n) is 2.04. The third-order valence-corrected chi connectivity index (χ3v) is 2.94. The first kappa shape index (κ1) is 10.2. The van der Waals surface area contributed by atoms with Gasteiger partial charge in [0.1, 0.15) is 0 Å². The molecule has 1 aliphatic rings. The molecule has 0 saturated heterocycles. The van der Waals surface area contributed by atoms with Crippen LogP contribution in [0.3, 0.4) is 0 Å². The van der Waals surface area contributed by atoms with Crippen LogP contribution in [0.4, 0.5) is 0 Å². The first-order valence-corrected chi connectivity index (χ1v) is 5.58. The zero-order valence-corrected chi connectivity index (χ0v) is 8.26. The van der Waals surface area contributed by atoms with Crippen molar-refractivity contribution in [3.8, 4) is 0 Å². The van der Waals surface area contributed by atoms with Gasteiger partial charge < -0.3 is 0 Å². The van der Waals surface area contributed by atoms with E-state index in [0.717, 1.165) is 0 Å². The van der Waals surface area contributed by atoms with Crippen molar-refractivity contribution in [2.45, 2.75) is 0 Å². The van der Waals surface area contributed by atoms with E-state index in [1.54, 1.807) is 12.1 Å². The molecule has 0 atom stereocenters. The van der Waals surface area contributed by atoms with E-state index in [0.29, 0.717) is 0 Å². The molecule has 0 radical (unpaired) electrons. The van der Waals surface area contributed by atoms with Crippen LogP contribution in [0.1, 0.15) is 20.7 Å². The molecule has 78 valence electrons. The number of benzene rings is 1. The van der Waals surface area contributed by atoms with Gasteiger partial charge in [-0.25, -0.2) is 0 Å². The van der Waals surface area contributed by atoms with Gasteiger partial charge in [0, 0.05) is 0 Å². The van der Waals surface area contributed by atoms with Crippen LogP contribution in [-0.2, 0) is 0 Å². The van der Waals surface area contributed by atoms with Crippen LogP contribution in [0.5, 0.6) is 0 Å². The van der Waals surface area contributed by atoms with E-state index < -0.39 is 19.9 Å². The smallest absolute Gasteiger partial charge is 0.265 e. The molecule has 15 heavy (non-hydrogen) atoms. The minimum atomic E-state index is -4.62. The van der Waals surface area contributed by atoms with Crippen LogP contribution < -0.4 is 0 Å². The second-order valence-corrected chi connectivity index (χ2v) is 4.48. The van der Waals surface area contributed by atoms with Crippen LogP contribution in [0.25, 0.3) is 0 Å². The van der Waals surface area contributed by atoms with E-state index in [1.807, 2.05) is 0 Å². The number of fused-ring (bicyclic) bond motifs is 1. The molecule has 1 aromatic rings. The Hall–Kier alpha value is -1.33. The van der Waals surface area contributed by atoms with E-state index in [9.17, 15) is 9.59 Å². The van der Waals surface area contributed by atoms with Crippen molar-refractivity contribution in [1.29, 1.82) is 0 Å². The lowest BCUT2D eigenvalue weighted by Crippen LogP contribution is -2.29. The summed E-state index contributed by atoms with van der Waals surface area (Å²) in [6.07, 6.45) is 0. The Balaban J connectivity index is 2.55. The monoisotopic (exact) mass is 228 g/mol. The van der Waals surface area contributed by atoms with Crippen LogP contribution in [0, 0.1) is 0 Å². The molecule has 2 rings (SSSR count). The maximum atomic E-state index is 11.5. The maximum Gasteiger partial charge on any atom is 0.534 e. The molecular weight excluding hydrogens is 221 g/mol. The topological polar surface area (TPSA) is 98.1 Å². The Kier molecular flexibility index (Phi) is 2.09. The van der Waals surface area contributed by atoms with E-state index in [1.165, 1.54) is 12.1 Å². The summed E-state index contributed by atoms with van der Waals surface area (Å²) >= 11 is 0. The van der Waals surface area contributed by atoms with Crippen molar-refractivity contribution < 1.29 is 24.3 Å². The number of imide groups is 1. The SMILES string of the molecule is O=C1c2ccccc2C(=O)N1[P+](O)(O)O. The largest absolute Gasteiger partial charge is 0.534 e. The number of hydrogen-bond donors (Lipinski definition) is 3. The number of rotatable bonds is 1. The summed E-state index contributed by atoms with van der Waals surface area (Å²) in [5, 5.41) is 0. The molecule has 2 amide bonds. The van der Waals surface area contributed by atoms with Crippen molar-refractivity contribution in [2.24, 2.45) is 0 Å². The minimum Gasteiger partial charge on any atom is -0.265 e. The Bertz CT molecular complexity index is 418. The van der Waals surface area contributed by atoms with Gasteiger partial charge in [0.2, 0.25) is 0 Å². The van der Waals surface area contributed by atoms with Gasteiger partial charge in [0.05, 0.1) is 11.1 Å². The summed E-state index contributed by atoms with van der Waals surface area (Å²) in [4.78, 5) is 49.8.